The highest BCUT2D eigenvalue weighted by Gasteiger charge is 2.18. The third-order valence-corrected chi connectivity index (χ3v) is 3.36. The van der Waals surface area contributed by atoms with Gasteiger partial charge in [0.15, 0.2) is 0 Å². The number of sulfonamides is 1. The van der Waals surface area contributed by atoms with E-state index in [-0.39, 0.29) is 0 Å². The molecule has 96 valence electrons. The predicted molar refractivity (Wildman–Crippen MR) is 63.9 cm³/mol. The molecule has 1 aliphatic rings. The summed E-state index contributed by atoms with van der Waals surface area (Å²) in [5.41, 5.74) is 0. The molecule has 1 saturated heterocycles. The first-order valence-electron chi connectivity index (χ1n) is 5.77. The molecule has 1 heterocycles. The van der Waals surface area contributed by atoms with Crippen LogP contribution in [0.5, 0.6) is 0 Å². The molecular weight excluding hydrogens is 228 g/mol. The van der Waals surface area contributed by atoms with Gasteiger partial charge in [0.05, 0.1) is 12.4 Å². The Morgan fingerprint density at radius 2 is 2.12 bits per heavy atom. The monoisotopic (exact) mass is 250 g/mol. The van der Waals surface area contributed by atoms with E-state index in [9.17, 15) is 8.42 Å². The van der Waals surface area contributed by atoms with Crippen LogP contribution in [0.3, 0.4) is 0 Å². The average Bonchev–Trinajstić information content (AvgIpc) is 2.15. The number of rotatable bonds is 6. The van der Waals surface area contributed by atoms with Gasteiger partial charge in [-0.05, 0) is 32.7 Å². The zero-order valence-corrected chi connectivity index (χ0v) is 10.8. The van der Waals surface area contributed by atoms with Crippen molar-refractivity contribution in [3.05, 3.63) is 0 Å². The van der Waals surface area contributed by atoms with E-state index in [1.54, 1.807) is 0 Å². The standard InChI is InChI=1S/C10H22N2O3S/c1-9-8-10(4-7-15-9)11-5-3-6-12-16(2,13)14/h9-12H,3-8H2,1-2H3. The molecule has 2 unspecified atom stereocenters. The highest BCUT2D eigenvalue weighted by Crippen LogP contribution is 2.12. The Labute approximate surface area is 98.0 Å². The fourth-order valence-electron chi connectivity index (χ4n) is 1.84. The molecule has 1 fully saturated rings. The Morgan fingerprint density at radius 3 is 2.75 bits per heavy atom. The maximum atomic E-state index is 10.8. The van der Waals surface area contributed by atoms with E-state index in [0.717, 1.165) is 32.4 Å². The second-order valence-corrected chi connectivity index (χ2v) is 6.21. The lowest BCUT2D eigenvalue weighted by atomic mass is 10.0. The van der Waals surface area contributed by atoms with Crippen molar-refractivity contribution in [3.8, 4) is 0 Å². The van der Waals surface area contributed by atoms with Gasteiger partial charge < -0.3 is 10.1 Å². The quantitative estimate of drug-likeness (QED) is 0.655. The van der Waals surface area contributed by atoms with Gasteiger partial charge in [0.2, 0.25) is 10.0 Å². The van der Waals surface area contributed by atoms with Gasteiger partial charge >= 0.3 is 0 Å². The Bertz CT molecular complexity index is 292. The summed E-state index contributed by atoms with van der Waals surface area (Å²) >= 11 is 0. The van der Waals surface area contributed by atoms with E-state index in [0.29, 0.717) is 18.7 Å². The van der Waals surface area contributed by atoms with E-state index < -0.39 is 10.0 Å². The lowest BCUT2D eigenvalue weighted by molar-refractivity contribution is 0.0134. The van der Waals surface area contributed by atoms with Crippen molar-refractivity contribution < 1.29 is 13.2 Å². The van der Waals surface area contributed by atoms with Crippen molar-refractivity contribution in [1.29, 1.82) is 0 Å². The Morgan fingerprint density at radius 1 is 1.38 bits per heavy atom. The van der Waals surface area contributed by atoms with Crippen molar-refractivity contribution in [2.75, 3.05) is 26.0 Å². The third kappa shape index (κ3) is 6.42. The summed E-state index contributed by atoms with van der Waals surface area (Å²) in [6, 6.07) is 0.516. The average molecular weight is 250 g/mol. The van der Waals surface area contributed by atoms with Crippen molar-refractivity contribution in [2.24, 2.45) is 0 Å². The Balaban J connectivity index is 2.02. The minimum absolute atomic E-state index is 0.334. The van der Waals surface area contributed by atoms with E-state index in [1.165, 1.54) is 6.26 Å². The van der Waals surface area contributed by atoms with Crippen LogP contribution in [0.25, 0.3) is 0 Å². The van der Waals surface area contributed by atoms with Gasteiger partial charge in [-0.3, -0.25) is 0 Å². The van der Waals surface area contributed by atoms with Crippen LogP contribution in [-0.2, 0) is 14.8 Å². The summed E-state index contributed by atoms with van der Waals surface area (Å²) in [6.07, 6.45) is 4.42. The van der Waals surface area contributed by atoms with Crippen LogP contribution in [0.4, 0.5) is 0 Å². The fraction of sp³-hybridized carbons (Fsp3) is 1.00. The summed E-state index contributed by atoms with van der Waals surface area (Å²) in [4.78, 5) is 0. The molecule has 0 radical (unpaired) electrons. The van der Waals surface area contributed by atoms with Crippen molar-refractivity contribution in [1.82, 2.24) is 10.0 Å². The highest BCUT2D eigenvalue weighted by molar-refractivity contribution is 7.88. The molecule has 1 aliphatic heterocycles. The summed E-state index contributed by atoms with van der Waals surface area (Å²) in [5, 5.41) is 3.42. The summed E-state index contributed by atoms with van der Waals surface area (Å²) in [6.45, 7) is 4.25. The molecule has 0 aromatic heterocycles. The van der Waals surface area contributed by atoms with Gasteiger partial charge in [-0.25, -0.2) is 13.1 Å². The topological polar surface area (TPSA) is 67.4 Å². The SMILES string of the molecule is CC1CC(NCCCNS(C)(=O)=O)CCO1. The molecule has 0 spiro atoms. The molecule has 6 heteroatoms. The van der Waals surface area contributed by atoms with Crippen molar-refractivity contribution in [3.63, 3.8) is 0 Å². The number of hydrogen-bond acceptors (Lipinski definition) is 4. The maximum Gasteiger partial charge on any atom is 0.208 e. The smallest absolute Gasteiger partial charge is 0.208 e. The van der Waals surface area contributed by atoms with Crippen LogP contribution in [0.15, 0.2) is 0 Å². The van der Waals surface area contributed by atoms with Gasteiger partial charge in [0, 0.05) is 19.2 Å². The van der Waals surface area contributed by atoms with Crippen LogP contribution < -0.4 is 10.0 Å². The van der Waals surface area contributed by atoms with Crippen LogP contribution in [-0.4, -0.2) is 46.5 Å². The molecule has 0 aliphatic carbocycles. The van der Waals surface area contributed by atoms with Crippen LogP contribution >= 0.6 is 0 Å². The minimum atomic E-state index is -3.04. The van der Waals surface area contributed by atoms with Crippen LogP contribution in [0.2, 0.25) is 0 Å². The molecule has 0 bridgehead atoms. The lowest BCUT2D eigenvalue weighted by Gasteiger charge is -2.28. The maximum absolute atomic E-state index is 10.8. The first kappa shape index (κ1) is 13.9. The molecule has 2 atom stereocenters. The van der Waals surface area contributed by atoms with E-state index in [4.69, 9.17) is 4.74 Å². The Kier molecular flexibility index (Phi) is 5.68. The first-order valence-corrected chi connectivity index (χ1v) is 7.66. The highest BCUT2D eigenvalue weighted by atomic mass is 32.2. The largest absolute Gasteiger partial charge is 0.378 e. The Hall–Kier alpha value is -0.170. The molecule has 5 nitrogen and oxygen atoms in total. The molecule has 2 N–H and O–H groups in total. The normalized spacial score (nSPS) is 26.9. The molecule has 0 aromatic rings. The second-order valence-electron chi connectivity index (χ2n) is 4.38. The summed E-state index contributed by atoms with van der Waals surface area (Å²) in [5.74, 6) is 0. The predicted octanol–water partition coefficient (Wildman–Crippen LogP) is 0.0828. The zero-order valence-electron chi connectivity index (χ0n) is 10.0. The molecule has 0 amide bonds. The number of hydrogen-bond donors (Lipinski definition) is 2. The van der Waals surface area contributed by atoms with E-state index in [1.807, 2.05) is 0 Å². The first-order chi connectivity index (χ1) is 7.47. The van der Waals surface area contributed by atoms with E-state index >= 15 is 0 Å². The van der Waals surface area contributed by atoms with Gasteiger partial charge in [-0.1, -0.05) is 0 Å². The molecule has 16 heavy (non-hydrogen) atoms. The van der Waals surface area contributed by atoms with Crippen LogP contribution in [0.1, 0.15) is 26.2 Å². The van der Waals surface area contributed by atoms with Gasteiger partial charge in [0.25, 0.3) is 0 Å². The van der Waals surface area contributed by atoms with Crippen molar-refractivity contribution >= 4 is 10.0 Å². The molecule has 0 aromatic carbocycles. The number of ether oxygens (including phenoxy) is 1. The molecular formula is C10H22N2O3S. The molecule has 1 rings (SSSR count). The lowest BCUT2D eigenvalue weighted by Crippen LogP contribution is -2.39. The summed E-state index contributed by atoms with van der Waals surface area (Å²) < 4.78 is 29.5. The summed E-state index contributed by atoms with van der Waals surface area (Å²) in [7, 11) is -3.04. The molecule has 0 saturated carbocycles. The van der Waals surface area contributed by atoms with Crippen molar-refractivity contribution in [2.45, 2.75) is 38.3 Å². The fourth-order valence-corrected chi connectivity index (χ4v) is 2.35. The van der Waals surface area contributed by atoms with Gasteiger partial charge in [-0.15, -0.1) is 0 Å². The second kappa shape index (κ2) is 6.54. The van der Waals surface area contributed by atoms with E-state index in [2.05, 4.69) is 17.0 Å². The van der Waals surface area contributed by atoms with Gasteiger partial charge in [0.1, 0.15) is 0 Å². The number of nitrogens with one attached hydrogen (secondary N) is 2. The van der Waals surface area contributed by atoms with Crippen LogP contribution in [0, 0.1) is 0 Å². The minimum Gasteiger partial charge on any atom is -0.378 e. The third-order valence-electron chi connectivity index (χ3n) is 2.64. The van der Waals surface area contributed by atoms with Gasteiger partial charge in [-0.2, -0.15) is 0 Å². The zero-order chi connectivity index (χ0) is 12.0.